The first-order valence-corrected chi connectivity index (χ1v) is 9.86. The van der Waals surface area contributed by atoms with Gasteiger partial charge in [0.05, 0.1) is 5.69 Å². The van der Waals surface area contributed by atoms with Crippen LogP contribution in [-0.4, -0.2) is 26.8 Å². The van der Waals surface area contributed by atoms with Gasteiger partial charge in [-0.2, -0.15) is 5.10 Å². The van der Waals surface area contributed by atoms with E-state index in [0.717, 1.165) is 29.2 Å². The summed E-state index contributed by atoms with van der Waals surface area (Å²) in [7, 11) is 0. The quantitative estimate of drug-likeness (QED) is 0.654. The first-order valence-electron chi connectivity index (χ1n) is 9.86. The number of aryl methyl sites for hydroxylation is 1. The second kappa shape index (κ2) is 8.31. The lowest BCUT2D eigenvalue weighted by Gasteiger charge is -2.15. The third-order valence-corrected chi connectivity index (χ3v) is 5.28. The molecule has 2 N–H and O–H groups in total. The van der Waals surface area contributed by atoms with Crippen LogP contribution in [-0.2, 0) is 6.54 Å². The zero-order valence-corrected chi connectivity index (χ0v) is 16.7. The fourth-order valence-corrected chi connectivity index (χ4v) is 3.91. The number of aromatic nitrogens is 3. The van der Waals surface area contributed by atoms with Crippen molar-refractivity contribution in [3.8, 4) is 5.82 Å². The van der Waals surface area contributed by atoms with Gasteiger partial charge in [-0.1, -0.05) is 48.6 Å². The molecule has 4 rings (SSSR count). The van der Waals surface area contributed by atoms with E-state index >= 15 is 0 Å². The van der Waals surface area contributed by atoms with Gasteiger partial charge in [0.1, 0.15) is 0 Å². The van der Waals surface area contributed by atoms with Crippen molar-refractivity contribution >= 4 is 6.03 Å². The third kappa shape index (κ3) is 4.21. The van der Waals surface area contributed by atoms with Crippen LogP contribution in [0.4, 0.5) is 4.79 Å². The van der Waals surface area contributed by atoms with E-state index in [0.29, 0.717) is 6.54 Å². The normalized spacial score (nSPS) is 18.0. The zero-order chi connectivity index (χ0) is 20.2. The summed E-state index contributed by atoms with van der Waals surface area (Å²) in [6.07, 6.45) is 6.84. The zero-order valence-electron chi connectivity index (χ0n) is 16.7. The molecule has 0 unspecified atom stereocenters. The van der Waals surface area contributed by atoms with Crippen LogP contribution in [0.15, 0.2) is 66.9 Å². The first kappa shape index (κ1) is 18.9. The van der Waals surface area contributed by atoms with E-state index in [2.05, 4.69) is 34.7 Å². The predicted octanol–water partition coefficient (Wildman–Crippen LogP) is 3.80. The van der Waals surface area contributed by atoms with Crippen LogP contribution in [0.1, 0.15) is 34.9 Å². The summed E-state index contributed by atoms with van der Waals surface area (Å²) in [6.45, 7) is 4.62. The SMILES string of the molecule is Cc1nn(-c2ccccn2)c(C)c1[C@H]1C=C[C@@H](NC(=O)NCc2ccccc2)C1. The van der Waals surface area contributed by atoms with Crippen molar-refractivity contribution in [1.82, 2.24) is 25.4 Å². The minimum absolute atomic E-state index is 0.00720. The molecule has 0 spiro atoms. The number of urea groups is 1. The van der Waals surface area contributed by atoms with Crippen LogP contribution < -0.4 is 10.6 Å². The number of nitrogens with one attached hydrogen (secondary N) is 2. The van der Waals surface area contributed by atoms with E-state index in [-0.39, 0.29) is 18.0 Å². The summed E-state index contributed by atoms with van der Waals surface area (Å²) >= 11 is 0. The smallest absolute Gasteiger partial charge is 0.315 e. The van der Waals surface area contributed by atoms with Crippen LogP contribution in [0.3, 0.4) is 0 Å². The molecule has 0 bridgehead atoms. The van der Waals surface area contributed by atoms with Crippen molar-refractivity contribution in [3.05, 3.63) is 89.4 Å². The molecule has 0 saturated heterocycles. The topological polar surface area (TPSA) is 71.8 Å². The maximum atomic E-state index is 12.3. The number of amides is 2. The Hall–Kier alpha value is -3.41. The van der Waals surface area contributed by atoms with Crippen LogP contribution in [0.5, 0.6) is 0 Å². The van der Waals surface area contributed by atoms with Crippen molar-refractivity contribution in [1.29, 1.82) is 0 Å². The molecule has 2 amide bonds. The monoisotopic (exact) mass is 387 g/mol. The molecule has 2 aromatic heterocycles. The molecule has 29 heavy (non-hydrogen) atoms. The van der Waals surface area contributed by atoms with Crippen LogP contribution in [0.2, 0.25) is 0 Å². The Morgan fingerprint density at radius 3 is 2.66 bits per heavy atom. The number of benzene rings is 1. The summed E-state index contributed by atoms with van der Waals surface area (Å²) in [5, 5.41) is 10.7. The van der Waals surface area contributed by atoms with Crippen molar-refractivity contribution in [2.24, 2.45) is 0 Å². The average molecular weight is 387 g/mol. The van der Waals surface area contributed by atoms with Gasteiger partial charge in [0.25, 0.3) is 0 Å². The lowest BCUT2D eigenvalue weighted by molar-refractivity contribution is 0.238. The standard InChI is InChI=1S/C23H25N5O/c1-16-22(17(2)28(27-16)21-10-6-7-13-24-21)19-11-12-20(14-19)26-23(29)25-15-18-8-4-3-5-9-18/h3-13,19-20H,14-15H2,1-2H3,(H2,25,26,29)/t19-,20+/m0/s1. The van der Waals surface area contributed by atoms with E-state index in [1.54, 1.807) is 6.20 Å². The van der Waals surface area contributed by atoms with Gasteiger partial charge in [0.2, 0.25) is 0 Å². The Morgan fingerprint density at radius 2 is 1.90 bits per heavy atom. The van der Waals surface area contributed by atoms with E-state index in [1.165, 1.54) is 5.56 Å². The van der Waals surface area contributed by atoms with Crippen LogP contribution in [0, 0.1) is 13.8 Å². The Balaban J connectivity index is 1.38. The van der Waals surface area contributed by atoms with Crippen molar-refractivity contribution < 1.29 is 4.79 Å². The van der Waals surface area contributed by atoms with E-state index in [9.17, 15) is 4.79 Å². The van der Waals surface area contributed by atoms with E-state index < -0.39 is 0 Å². The maximum Gasteiger partial charge on any atom is 0.315 e. The summed E-state index contributed by atoms with van der Waals surface area (Å²) < 4.78 is 1.89. The van der Waals surface area contributed by atoms with E-state index in [4.69, 9.17) is 5.10 Å². The van der Waals surface area contributed by atoms with Gasteiger partial charge in [-0.05, 0) is 38.0 Å². The van der Waals surface area contributed by atoms with Gasteiger partial charge in [0, 0.05) is 36.0 Å². The molecule has 148 valence electrons. The highest BCUT2D eigenvalue weighted by Gasteiger charge is 2.27. The Morgan fingerprint density at radius 1 is 1.10 bits per heavy atom. The largest absolute Gasteiger partial charge is 0.334 e. The predicted molar refractivity (Wildman–Crippen MR) is 113 cm³/mol. The summed E-state index contributed by atoms with van der Waals surface area (Å²) in [5.41, 5.74) is 4.37. The van der Waals surface area contributed by atoms with Crippen molar-refractivity contribution in [2.45, 2.75) is 38.8 Å². The molecule has 2 heterocycles. The Bertz CT molecular complexity index is 1010. The maximum absolute atomic E-state index is 12.3. The molecular weight excluding hydrogens is 362 g/mol. The van der Waals surface area contributed by atoms with Crippen molar-refractivity contribution in [2.75, 3.05) is 0 Å². The summed E-state index contributed by atoms with van der Waals surface area (Å²) in [6, 6.07) is 15.6. The number of hydrogen-bond donors (Lipinski definition) is 2. The van der Waals surface area contributed by atoms with Gasteiger partial charge in [0.15, 0.2) is 5.82 Å². The number of allylic oxidation sites excluding steroid dienone is 1. The van der Waals surface area contributed by atoms with Gasteiger partial charge >= 0.3 is 6.03 Å². The van der Waals surface area contributed by atoms with Gasteiger partial charge < -0.3 is 10.6 Å². The highest BCUT2D eigenvalue weighted by Crippen LogP contribution is 2.33. The minimum Gasteiger partial charge on any atom is -0.334 e. The molecule has 0 aliphatic heterocycles. The number of pyridine rings is 1. The minimum atomic E-state index is -0.151. The number of carbonyl (C=O) groups excluding carboxylic acids is 1. The molecule has 1 aliphatic carbocycles. The molecule has 0 fully saturated rings. The van der Waals surface area contributed by atoms with Crippen molar-refractivity contribution in [3.63, 3.8) is 0 Å². The van der Waals surface area contributed by atoms with Gasteiger partial charge in [-0.15, -0.1) is 0 Å². The molecule has 1 aliphatic rings. The fourth-order valence-electron chi connectivity index (χ4n) is 3.91. The molecule has 0 radical (unpaired) electrons. The Kier molecular flexibility index (Phi) is 5.42. The highest BCUT2D eigenvalue weighted by atomic mass is 16.2. The third-order valence-electron chi connectivity index (χ3n) is 5.28. The van der Waals surface area contributed by atoms with Crippen LogP contribution >= 0.6 is 0 Å². The molecule has 2 atom stereocenters. The molecule has 6 heteroatoms. The second-order valence-corrected chi connectivity index (χ2v) is 7.33. The van der Waals surface area contributed by atoms with E-state index in [1.807, 2.05) is 60.1 Å². The highest BCUT2D eigenvalue weighted by molar-refractivity contribution is 5.74. The Labute approximate surface area is 170 Å². The molecular formula is C23H25N5O. The molecule has 6 nitrogen and oxygen atoms in total. The fraction of sp³-hybridized carbons (Fsp3) is 0.261. The lowest BCUT2D eigenvalue weighted by Crippen LogP contribution is -2.40. The number of carbonyl (C=O) groups is 1. The lowest BCUT2D eigenvalue weighted by atomic mass is 9.96. The first-order chi connectivity index (χ1) is 14.1. The number of hydrogen-bond acceptors (Lipinski definition) is 3. The molecule has 1 aromatic carbocycles. The molecule has 0 saturated carbocycles. The van der Waals surface area contributed by atoms with Crippen LogP contribution in [0.25, 0.3) is 5.82 Å². The average Bonchev–Trinajstić information content (AvgIpc) is 3.31. The van der Waals surface area contributed by atoms with Gasteiger partial charge in [-0.3, -0.25) is 0 Å². The summed E-state index contributed by atoms with van der Waals surface area (Å²) in [4.78, 5) is 16.7. The molecule has 3 aromatic rings. The number of rotatable bonds is 5. The summed E-state index contributed by atoms with van der Waals surface area (Å²) in [5.74, 6) is 1.04. The number of nitrogens with zero attached hydrogens (tertiary/aromatic N) is 3. The second-order valence-electron chi connectivity index (χ2n) is 7.33. The van der Waals surface area contributed by atoms with Gasteiger partial charge in [-0.25, -0.2) is 14.5 Å².